The number of fused-ring (bicyclic) bond motifs is 6. The maximum absolute atomic E-state index is 6.91. The molecule has 0 aromatic carbocycles. The van der Waals surface area contributed by atoms with Crippen molar-refractivity contribution in [1.82, 2.24) is 0 Å². The summed E-state index contributed by atoms with van der Waals surface area (Å²) in [6.07, 6.45) is 28.8. The minimum atomic E-state index is 0.424. The van der Waals surface area contributed by atoms with Gasteiger partial charge in [0.2, 0.25) is 0 Å². The Bertz CT molecular complexity index is 627. The van der Waals surface area contributed by atoms with Gasteiger partial charge in [-0.05, 0) is 123 Å². The molecular weight excluding hydrogens is 416 g/mol. The highest BCUT2D eigenvalue weighted by Crippen LogP contribution is 2.57. The van der Waals surface area contributed by atoms with Crippen LogP contribution in [-0.2, 0) is 9.47 Å². The summed E-state index contributed by atoms with van der Waals surface area (Å²) in [5.74, 6) is 10.0. The zero-order valence-electron chi connectivity index (χ0n) is 21.6. The predicted molar refractivity (Wildman–Crippen MR) is 135 cm³/mol. The summed E-state index contributed by atoms with van der Waals surface area (Å²) in [6, 6.07) is 0. The largest absolute Gasteiger partial charge is 0.372 e. The fourth-order valence-electron chi connectivity index (χ4n) is 11.8. The highest BCUT2D eigenvalue weighted by molar-refractivity contribution is 5.02. The van der Waals surface area contributed by atoms with Crippen molar-refractivity contribution < 1.29 is 9.47 Å². The third-order valence-corrected chi connectivity index (χ3v) is 13.4. The molecule has 14 unspecified atom stereocenters. The van der Waals surface area contributed by atoms with Crippen LogP contribution in [0.2, 0.25) is 0 Å². The first-order valence-electron chi connectivity index (χ1n) is 16.1. The summed E-state index contributed by atoms with van der Waals surface area (Å²) >= 11 is 0. The molecule has 0 radical (unpaired) electrons. The summed E-state index contributed by atoms with van der Waals surface area (Å²) in [5, 5.41) is 0. The van der Waals surface area contributed by atoms with E-state index in [1.165, 1.54) is 77.0 Å². The Labute approximate surface area is 208 Å². The van der Waals surface area contributed by atoms with Crippen LogP contribution in [0, 0.1) is 59.2 Å². The molecule has 8 rings (SSSR count). The molecular formula is C32H50O2. The van der Waals surface area contributed by atoms with Gasteiger partial charge in [-0.2, -0.15) is 0 Å². The number of ether oxygens (including phenoxy) is 2. The SMILES string of the molecule is C1CCC2CC3CC4OC(C5CC6CC7CC8CCCCC8CC7CC6O5)CC4CC3CC2C1. The van der Waals surface area contributed by atoms with Crippen molar-refractivity contribution in [3.05, 3.63) is 0 Å². The smallest absolute Gasteiger partial charge is 0.0844 e. The molecule has 0 bridgehead atoms. The van der Waals surface area contributed by atoms with Crippen LogP contribution >= 0.6 is 0 Å². The van der Waals surface area contributed by atoms with Gasteiger partial charge in [0.25, 0.3) is 0 Å². The van der Waals surface area contributed by atoms with Crippen molar-refractivity contribution in [1.29, 1.82) is 0 Å². The summed E-state index contributed by atoms with van der Waals surface area (Å²) in [5.41, 5.74) is 0. The molecule has 6 saturated carbocycles. The van der Waals surface area contributed by atoms with Gasteiger partial charge in [0.1, 0.15) is 0 Å². The van der Waals surface area contributed by atoms with Crippen LogP contribution in [0.15, 0.2) is 0 Å². The maximum atomic E-state index is 6.91. The lowest BCUT2D eigenvalue weighted by Crippen LogP contribution is -2.41. The second-order valence-electron chi connectivity index (χ2n) is 15.0. The lowest BCUT2D eigenvalue weighted by molar-refractivity contribution is -0.0970. The lowest BCUT2D eigenvalue weighted by Gasteiger charge is -2.48. The molecule has 0 N–H and O–H groups in total. The van der Waals surface area contributed by atoms with E-state index in [1.54, 1.807) is 38.5 Å². The van der Waals surface area contributed by atoms with Crippen molar-refractivity contribution >= 4 is 0 Å². The van der Waals surface area contributed by atoms with Gasteiger partial charge >= 0.3 is 0 Å². The van der Waals surface area contributed by atoms with E-state index in [9.17, 15) is 0 Å². The van der Waals surface area contributed by atoms with Crippen molar-refractivity contribution in [2.24, 2.45) is 59.2 Å². The summed E-state index contributed by atoms with van der Waals surface area (Å²) < 4.78 is 13.8. The molecule has 8 aliphatic rings. The average molecular weight is 467 g/mol. The minimum Gasteiger partial charge on any atom is -0.372 e. The Morgan fingerprint density at radius 1 is 0.265 bits per heavy atom. The van der Waals surface area contributed by atoms with Gasteiger partial charge < -0.3 is 9.47 Å². The zero-order valence-corrected chi connectivity index (χ0v) is 21.6. The second-order valence-corrected chi connectivity index (χ2v) is 15.0. The van der Waals surface area contributed by atoms with Crippen LogP contribution in [-0.4, -0.2) is 24.4 Å². The Morgan fingerprint density at radius 3 is 0.941 bits per heavy atom. The molecule has 8 fully saturated rings. The highest BCUT2D eigenvalue weighted by atomic mass is 16.6. The molecule has 2 heteroatoms. The average Bonchev–Trinajstić information content (AvgIpc) is 3.46. The third-order valence-electron chi connectivity index (χ3n) is 13.4. The van der Waals surface area contributed by atoms with E-state index in [2.05, 4.69) is 0 Å². The van der Waals surface area contributed by atoms with Crippen molar-refractivity contribution in [2.75, 3.05) is 0 Å². The van der Waals surface area contributed by atoms with Gasteiger partial charge in [-0.15, -0.1) is 0 Å². The third kappa shape index (κ3) is 3.77. The molecule has 0 aromatic rings. The summed E-state index contributed by atoms with van der Waals surface area (Å²) in [6.45, 7) is 0. The topological polar surface area (TPSA) is 18.5 Å². The maximum Gasteiger partial charge on any atom is 0.0844 e. The predicted octanol–water partition coefficient (Wildman–Crippen LogP) is 7.79. The molecule has 190 valence electrons. The monoisotopic (exact) mass is 466 g/mol. The quantitative estimate of drug-likeness (QED) is 0.393. The molecule has 2 aliphatic heterocycles. The molecule has 2 saturated heterocycles. The van der Waals surface area contributed by atoms with E-state index >= 15 is 0 Å². The molecule has 0 aromatic heterocycles. The lowest BCUT2D eigenvalue weighted by atomic mass is 9.58. The van der Waals surface area contributed by atoms with E-state index in [0.29, 0.717) is 24.4 Å². The van der Waals surface area contributed by atoms with Crippen molar-refractivity contribution in [3.63, 3.8) is 0 Å². The Morgan fingerprint density at radius 2 is 0.559 bits per heavy atom. The first kappa shape index (κ1) is 22.0. The Kier molecular flexibility index (Phi) is 5.65. The van der Waals surface area contributed by atoms with Crippen molar-refractivity contribution in [3.8, 4) is 0 Å². The van der Waals surface area contributed by atoms with Gasteiger partial charge in [0, 0.05) is 0 Å². The van der Waals surface area contributed by atoms with Crippen LogP contribution in [0.5, 0.6) is 0 Å². The summed E-state index contributed by atoms with van der Waals surface area (Å²) in [7, 11) is 0. The second kappa shape index (κ2) is 8.75. The molecule has 0 amide bonds. The van der Waals surface area contributed by atoms with Crippen LogP contribution in [0.4, 0.5) is 0 Å². The number of rotatable bonds is 1. The molecule has 14 atom stereocenters. The van der Waals surface area contributed by atoms with Crippen LogP contribution in [0.25, 0.3) is 0 Å². The highest BCUT2D eigenvalue weighted by Gasteiger charge is 2.53. The van der Waals surface area contributed by atoms with Crippen LogP contribution in [0.1, 0.15) is 116 Å². The van der Waals surface area contributed by atoms with E-state index < -0.39 is 0 Å². The van der Waals surface area contributed by atoms with E-state index in [4.69, 9.17) is 9.47 Å². The first-order valence-corrected chi connectivity index (χ1v) is 16.1. The zero-order chi connectivity index (χ0) is 22.2. The van der Waals surface area contributed by atoms with Gasteiger partial charge in [-0.25, -0.2) is 0 Å². The van der Waals surface area contributed by atoms with E-state index in [0.717, 1.165) is 59.2 Å². The van der Waals surface area contributed by atoms with E-state index in [1.807, 2.05) is 0 Å². The van der Waals surface area contributed by atoms with E-state index in [-0.39, 0.29) is 0 Å². The fraction of sp³-hybridized carbons (Fsp3) is 1.00. The molecule has 6 aliphatic carbocycles. The molecule has 2 heterocycles. The fourth-order valence-corrected chi connectivity index (χ4v) is 11.8. The van der Waals surface area contributed by atoms with Crippen LogP contribution < -0.4 is 0 Å². The van der Waals surface area contributed by atoms with Crippen molar-refractivity contribution in [2.45, 2.75) is 140 Å². The number of hydrogen-bond donors (Lipinski definition) is 0. The molecule has 0 spiro atoms. The van der Waals surface area contributed by atoms with Gasteiger partial charge in [-0.1, -0.05) is 51.4 Å². The summed E-state index contributed by atoms with van der Waals surface area (Å²) in [4.78, 5) is 0. The van der Waals surface area contributed by atoms with Gasteiger partial charge in [-0.3, -0.25) is 0 Å². The number of hydrogen-bond acceptors (Lipinski definition) is 2. The molecule has 2 nitrogen and oxygen atoms in total. The Balaban J connectivity index is 0.902. The minimum absolute atomic E-state index is 0.424. The van der Waals surface area contributed by atoms with Gasteiger partial charge in [0.05, 0.1) is 24.4 Å². The molecule has 34 heavy (non-hydrogen) atoms. The van der Waals surface area contributed by atoms with Gasteiger partial charge in [0.15, 0.2) is 0 Å². The standard InChI is InChI=1S/C32H50O2/c1-3-7-21-11-25-15-29-27(13-23(25)9-19(21)5-1)17-31(33-29)32-18-28-14-24-10-20-6-2-4-8-22(20)12-26(24)16-30(28)34-32/h19-32H,1-18H2. The Hall–Kier alpha value is -0.0800. The first-order chi connectivity index (χ1) is 16.8. The normalized spacial score (nSPS) is 58.6. The van der Waals surface area contributed by atoms with Crippen LogP contribution in [0.3, 0.4) is 0 Å².